The highest BCUT2D eigenvalue weighted by atomic mass is 14.2. The van der Waals surface area contributed by atoms with E-state index < -0.39 is 0 Å². The Morgan fingerprint density at radius 3 is 2.19 bits per heavy atom. The molecule has 0 aromatic rings. The van der Waals surface area contributed by atoms with Crippen LogP contribution in [0.25, 0.3) is 0 Å². The standard InChI is InChI=1S/C18H24.C8H18/c1-7-14(4)17(8-2)12-16(6)18-11-13(3)9-10-15(18)5;1-4-6-8(3)7-5-2/h7-9,11-12,15H,1-2,10H2,3-6H3;8H,4-7H2,1-3H3/b16-12+,17-14+;/t15-;/m1./s1. The zero-order chi connectivity index (χ0) is 20.1. The highest BCUT2D eigenvalue weighted by molar-refractivity contribution is 5.47. The molecule has 26 heavy (non-hydrogen) atoms. The van der Waals surface area contributed by atoms with Crippen LogP contribution >= 0.6 is 0 Å². The van der Waals surface area contributed by atoms with Crippen LogP contribution in [-0.4, -0.2) is 0 Å². The highest BCUT2D eigenvalue weighted by Gasteiger charge is 2.13. The van der Waals surface area contributed by atoms with E-state index in [1.807, 2.05) is 12.2 Å². The van der Waals surface area contributed by atoms with Gasteiger partial charge in [0.25, 0.3) is 0 Å². The SMILES string of the molecule is C=C/C(C)=C(C=C)/C=C(\C)C1=CC(C)=CC[C@H]1C.CCCC(C)CCC. The topological polar surface area (TPSA) is 0 Å². The van der Waals surface area contributed by atoms with Gasteiger partial charge in [0.1, 0.15) is 0 Å². The Kier molecular flexibility index (Phi) is 12.8. The summed E-state index contributed by atoms with van der Waals surface area (Å²) in [6.07, 6.45) is 17.2. The molecular formula is C26H42. The van der Waals surface area contributed by atoms with Gasteiger partial charge < -0.3 is 0 Å². The lowest BCUT2D eigenvalue weighted by Crippen LogP contribution is -2.04. The van der Waals surface area contributed by atoms with Crippen molar-refractivity contribution < 1.29 is 0 Å². The Morgan fingerprint density at radius 1 is 1.15 bits per heavy atom. The van der Waals surface area contributed by atoms with Crippen molar-refractivity contribution in [3.63, 3.8) is 0 Å². The van der Waals surface area contributed by atoms with E-state index in [0.29, 0.717) is 5.92 Å². The summed E-state index contributed by atoms with van der Waals surface area (Å²) >= 11 is 0. The van der Waals surface area contributed by atoms with Gasteiger partial charge in [-0.15, -0.1) is 0 Å². The maximum atomic E-state index is 3.88. The van der Waals surface area contributed by atoms with Crippen LogP contribution in [0.15, 0.2) is 71.4 Å². The molecule has 0 nitrogen and oxygen atoms in total. The molecule has 0 fully saturated rings. The van der Waals surface area contributed by atoms with Crippen LogP contribution < -0.4 is 0 Å². The van der Waals surface area contributed by atoms with E-state index in [1.54, 1.807) is 0 Å². The van der Waals surface area contributed by atoms with Gasteiger partial charge >= 0.3 is 0 Å². The summed E-state index contributed by atoms with van der Waals surface area (Å²) in [6.45, 7) is 23.2. The smallest absolute Gasteiger partial charge is 0.0153 e. The van der Waals surface area contributed by atoms with Crippen LogP contribution in [0, 0.1) is 11.8 Å². The summed E-state index contributed by atoms with van der Waals surface area (Å²) in [4.78, 5) is 0. The highest BCUT2D eigenvalue weighted by Crippen LogP contribution is 2.29. The fraction of sp³-hybridized carbons (Fsp3) is 0.538. The van der Waals surface area contributed by atoms with Crippen molar-refractivity contribution in [1.29, 1.82) is 0 Å². The van der Waals surface area contributed by atoms with E-state index in [0.717, 1.165) is 17.9 Å². The molecule has 0 aromatic carbocycles. The number of allylic oxidation sites excluding steroid dienone is 10. The number of hydrogen-bond acceptors (Lipinski definition) is 0. The molecule has 0 aromatic heterocycles. The van der Waals surface area contributed by atoms with Crippen molar-refractivity contribution in [2.24, 2.45) is 11.8 Å². The lowest BCUT2D eigenvalue weighted by atomic mass is 9.85. The lowest BCUT2D eigenvalue weighted by Gasteiger charge is -2.20. The van der Waals surface area contributed by atoms with Crippen molar-refractivity contribution in [3.05, 3.63) is 71.4 Å². The third kappa shape index (κ3) is 9.22. The normalized spacial score (nSPS) is 18.3. The van der Waals surface area contributed by atoms with E-state index in [4.69, 9.17) is 0 Å². The first-order chi connectivity index (χ1) is 12.3. The fourth-order valence-corrected chi connectivity index (χ4v) is 3.34. The zero-order valence-electron chi connectivity index (χ0n) is 18.5. The minimum atomic E-state index is 0.597. The first kappa shape index (κ1) is 24.4. The van der Waals surface area contributed by atoms with Crippen LogP contribution in [0.1, 0.15) is 80.6 Å². The molecule has 0 spiro atoms. The molecule has 146 valence electrons. The summed E-state index contributed by atoms with van der Waals surface area (Å²) in [7, 11) is 0. The van der Waals surface area contributed by atoms with E-state index in [2.05, 4.69) is 79.9 Å². The maximum Gasteiger partial charge on any atom is -0.0153 e. The fourth-order valence-electron chi connectivity index (χ4n) is 3.34. The van der Waals surface area contributed by atoms with E-state index in [1.165, 1.54) is 48.0 Å². The summed E-state index contributed by atoms with van der Waals surface area (Å²) in [5, 5.41) is 0. The molecule has 0 bridgehead atoms. The van der Waals surface area contributed by atoms with E-state index in [9.17, 15) is 0 Å². The lowest BCUT2D eigenvalue weighted by molar-refractivity contribution is 0.480. The van der Waals surface area contributed by atoms with Gasteiger partial charge in [-0.3, -0.25) is 0 Å². The predicted octanol–water partition coefficient (Wildman–Crippen LogP) is 8.76. The quantitative estimate of drug-likeness (QED) is 0.382. The van der Waals surface area contributed by atoms with Gasteiger partial charge in [-0.25, -0.2) is 0 Å². The largest absolute Gasteiger partial charge is 0.0988 e. The van der Waals surface area contributed by atoms with Gasteiger partial charge in [-0.2, -0.15) is 0 Å². The van der Waals surface area contributed by atoms with Crippen LogP contribution in [0.3, 0.4) is 0 Å². The van der Waals surface area contributed by atoms with E-state index >= 15 is 0 Å². The van der Waals surface area contributed by atoms with Crippen molar-refractivity contribution in [3.8, 4) is 0 Å². The molecule has 0 saturated heterocycles. The Morgan fingerprint density at radius 2 is 1.73 bits per heavy atom. The van der Waals surface area contributed by atoms with E-state index in [-0.39, 0.29) is 0 Å². The third-order valence-electron chi connectivity index (χ3n) is 5.08. The molecule has 0 N–H and O–H groups in total. The van der Waals surface area contributed by atoms with Gasteiger partial charge in [0, 0.05) is 0 Å². The molecule has 0 saturated carbocycles. The molecule has 1 rings (SSSR count). The second-order valence-electron chi connectivity index (χ2n) is 7.74. The molecule has 0 heterocycles. The summed E-state index contributed by atoms with van der Waals surface area (Å²) in [5.74, 6) is 1.56. The molecule has 1 aliphatic carbocycles. The molecule has 0 aliphatic heterocycles. The van der Waals surface area contributed by atoms with Crippen molar-refractivity contribution in [2.75, 3.05) is 0 Å². The van der Waals surface area contributed by atoms with Gasteiger partial charge in [0.2, 0.25) is 0 Å². The number of rotatable bonds is 8. The molecule has 1 aliphatic rings. The van der Waals surface area contributed by atoms with Crippen molar-refractivity contribution in [1.82, 2.24) is 0 Å². The van der Waals surface area contributed by atoms with Gasteiger partial charge in [0.05, 0.1) is 0 Å². The summed E-state index contributed by atoms with van der Waals surface area (Å²) < 4.78 is 0. The second-order valence-corrected chi connectivity index (χ2v) is 7.74. The first-order valence-electron chi connectivity index (χ1n) is 10.3. The Labute approximate surface area is 164 Å². The monoisotopic (exact) mass is 354 g/mol. The van der Waals surface area contributed by atoms with Gasteiger partial charge in [-0.1, -0.05) is 102 Å². The molecule has 0 radical (unpaired) electrons. The third-order valence-corrected chi connectivity index (χ3v) is 5.08. The minimum Gasteiger partial charge on any atom is -0.0988 e. The van der Waals surface area contributed by atoms with Crippen LogP contribution in [-0.2, 0) is 0 Å². The minimum absolute atomic E-state index is 0.597. The average Bonchev–Trinajstić information content (AvgIpc) is 2.61. The maximum absolute atomic E-state index is 3.88. The number of hydrogen-bond donors (Lipinski definition) is 0. The second kappa shape index (κ2) is 13.6. The van der Waals surface area contributed by atoms with Crippen LogP contribution in [0.2, 0.25) is 0 Å². The predicted molar refractivity (Wildman–Crippen MR) is 121 cm³/mol. The summed E-state index contributed by atoms with van der Waals surface area (Å²) in [6, 6.07) is 0. The molecule has 1 atom stereocenters. The average molecular weight is 355 g/mol. The molecule has 0 amide bonds. The van der Waals surface area contributed by atoms with Crippen LogP contribution in [0.5, 0.6) is 0 Å². The van der Waals surface area contributed by atoms with Gasteiger partial charge in [0.15, 0.2) is 0 Å². The molecule has 0 heteroatoms. The Hall–Kier alpha value is -1.56. The van der Waals surface area contributed by atoms with Gasteiger partial charge in [-0.05, 0) is 61.3 Å². The molecule has 0 unspecified atom stereocenters. The Bertz CT molecular complexity index is 557. The zero-order valence-corrected chi connectivity index (χ0v) is 18.5. The summed E-state index contributed by atoms with van der Waals surface area (Å²) in [5.41, 5.74) is 6.45. The first-order valence-corrected chi connectivity index (χ1v) is 10.3. The van der Waals surface area contributed by atoms with Crippen LogP contribution in [0.4, 0.5) is 0 Å². The Balaban J connectivity index is 0.000000660. The van der Waals surface area contributed by atoms with Crippen molar-refractivity contribution in [2.45, 2.75) is 80.6 Å². The molecular weight excluding hydrogens is 312 g/mol. The van der Waals surface area contributed by atoms with Crippen molar-refractivity contribution >= 4 is 0 Å².